The van der Waals surface area contributed by atoms with Crippen molar-refractivity contribution >= 4 is 27.8 Å². The number of ether oxygens (including phenoxy) is 1. The molecule has 1 aliphatic heterocycles. The fourth-order valence-electron chi connectivity index (χ4n) is 4.92. The first-order valence-corrected chi connectivity index (χ1v) is 14.1. The van der Waals surface area contributed by atoms with Gasteiger partial charge < -0.3 is 4.74 Å². The van der Waals surface area contributed by atoms with Crippen LogP contribution < -0.4 is 4.83 Å². The van der Waals surface area contributed by atoms with Gasteiger partial charge >= 0.3 is 5.97 Å². The van der Waals surface area contributed by atoms with E-state index in [2.05, 4.69) is 9.82 Å². The molecule has 0 radical (unpaired) electrons. The Labute approximate surface area is 228 Å². The van der Waals surface area contributed by atoms with Crippen molar-refractivity contribution in [2.45, 2.75) is 30.2 Å². The number of nitrogens with one attached hydrogen (secondary N) is 1. The summed E-state index contributed by atoms with van der Waals surface area (Å²) in [6.07, 6.45) is 5.37. The van der Waals surface area contributed by atoms with E-state index in [0.29, 0.717) is 5.70 Å². The second-order valence-corrected chi connectivity index (χ2v) is 11.1. The topological polar surface area (TPSA) is 88.6 Å². The van der Waals surface area contributed by atoms with Gasteiger partial charge in [0.25, 0.3) is 10.0 Å². The monoisotopic (exact) mass is 539 g/mol. The number of methoxy groups -OCH3 is 1. The van der Waals surface area contributed by atoms with E-state index >= 15 is 0 Å². The molecule has 0 saturated heterocycles. The van der Waals surface area contributed by atoms with Gasteiger partial charge in [0.15, 0.2) is 0 Å². The number of nitrogens with zero attached hydrogens (tertiary/aromatic N) is 2. The summed E-state index contributed by atoms with van der Waals surface area (Å²) in [6.45, 7) is 1.91. The Balaban J connectivity index is 1.72. The first kappa shape index (κ1) is 26.3. The minimum Gasteiger partial charge on any atom is -0.469 e. The van der Waals surface area contributed by atoms with Gasteiger partial charge in [-0.1, -0.05) is 78.4 Å². The number of carbonyl (C=O) groups excluding carboxylic acids is 1. The third-order valence-corrected chi connectivity index (χ3v) is 8.20. The van der Waals surface area contributed by atoms with Crippen LogP contribution in [0.3, 0.4) is 0 Å². The predicted octanol–water partition coefficient (Wildman–Crippen LogP) is 5.49. The van der Waals surface area contributed by atoms with Gasteiger partial charge in [-0.05, 0) is 53.5 Å². The Morgan fingerprint density at radius 1 is 0.974 bits per heavy atom. The molecule has 5 rings (SSSR count). The number of rotatable bonds is 8. The lowest BCUT2D eigenvalue weighted by Gasteiger charge is -2.43. The summed E-state index contributed by atoms with van der Waals surface area (Å²) in [5, 5.41) is 1.67. The van der Waals surface area contributed by atoms with Crippen LogP contribution in [-0.2, 0) is 19.6 Å². The molecule has 0 fully saturated rings. The SMILES string of the molecule is COC(=O)CC(c1cccnc1)C1c2ccccc2C=C(c2ccccc2)N1NS(=O)(=O)c1ccc(C)cc1. The first-order chi connectivity index (χ1) is 18.9. The molecule has 1 aromatic heterocycles. The summed E-state index contributed by atoms with van der Waals surface area (Å²) >= 11 is 0. The molecule has 2 unspecified atom stereocenters. The van der Waals surface area contributed by atoms with Crippen LogP contribution >= 0.6 is 0 Å². The second kappa shape index (κ2) is 11.2. The molecule has 0 spiro atoms. The Morgan fingerprint density at radius 3 is 2.38 bits per heavy atom. The fraction of sp³-hybridized carbons (Fsp3) is 0.161. The normalized spacial score (nSPS) is 15.7. The summed E-state index contributed by atoms with van der Waals surface area (Å²) < 4.78 is 32.7. The maximum Gasteiger partial charge on any atom is 0.306 e. The number of fused-ring (bicyclic) bond motifs is 1. The van der Waals surface area contributed by atoms with Crippen LogP contribution in [-0.4, -0.2) is 31.5 Å². The molecule has 3 aromatic carbocycles. The zero-order chi connectivity index (χ0) is 27.4. The lowest BCUT2D eigenvalue weighted by atomic mass is 9.80. The van der Waals surface area contributed by atoms with Gasteiger partial charge in [0.1, 0.15) is 0 Å². The molecule has 198 valence electrons. The highest BCUT2D eigenvalue weighted by molar-refractivity contribution is 7.89. The smallest absolute Gasteiger partial charge is 0.306 e. The van der Waals surface area contributed by atoms with E-state index in [-0.39, 0.29) is 11.3 Å². The van der Waals surface area contributed by atoms with Crippen LogP contribution in [0, 0.1) is 6.92 Å². The summed E-state index contributed by atoms with van der Waals surface area (Å²) in [4.78, 5) is 20.1. The van der Waals surface area contributed by atoms with Crippen LogP contribution in [0.15, 0.2) is 108 Å². The second-order valence-electron chi connectivity index (χ2n) is 9.42. The fourth-order valence-corrected chi connectivity index (χ4v) is 5.99. The maximum atomic E-state index is 13.8. The quantitative estimate of drug-likeness (QED) is 0.298. The van der Waals surface area contributed by atoms with Gasteiger partial charge in [-0.25, -0.2) is 8.42 Å². The van der Waals surface area contributed by atoms with Gasteiger partial charge in [-0.15, -0.1) is 4.83 Å². The molecule has 1 aliphatic rings. The molecule has 0 bridgehead atoms. The number of aryl methyl sites for hydroxylation is 1. The minimum atomic E-state index is -4.00. The van der Waals surface area contributed by atoms with Gasteiger partial charge in [-0.2, -0.15) is 0 Å². The van der Waals surface area contributed by atoms with Crippen LogP contribution in [0.4, 0.5) is 0 Å². The number of benzene rings is 3. The molecule has 39 heavy (non-hydrogen) atoms. The van der Waals surface area contributed by atoms with E-state index < -0.39 is 28.0 Å². The third kappa shape index (κ3) is 5.62. The summed E-state index contributed by atoms with van der Waals surface area (Å²) in [5.74, 6) is -0.890. The lowest BCUT2D eigenvalue weighted by molar-refractivity contribution is -0.141. The molecule has 7 nitrogen and oxygen atoms in total. The van der Waals surface area contributed by atoms with E-state index in [1.54, 1.807) is 41.7 Å². The van der Waals surface area contributed by atoms with E-state index in [9.17, 15) is 13.2 Å². The molecule has 1 N–H and O–H groups in total. The number of hydrogen-bond acceptors (Lipinski definition) is 6. The number of pyridine rings is 1. The highest BCUT2D eigenvalue weighted by Crippen LogP contribution is 2.46. The predicted molar refractivity (Wildman–Crippen MR) is 150 cm³/mol. The standard InChI is InChI=1S/C31H29N3O4S/c1-22-14-16-26(17-15-22)39(36,37)33-34-29(23-9-4-3-5-10-23)19-24-11-6-7-13-27(24)31(34)28(20-30(35)38-2)25-12-8-18-32-21-25/h3-19,21,28,31,33H,20H2,1-2H3. The molecular formula is C31H29N3O4S. The number of hydrazine groups is 1. The number of hydrogen-bond donors (Lipinski definition) is 1. The van der Waals surface area contributed by atoms with E-state index in [1.807, 2.05) is 79.7 Å². The molecule has 0 saturated carbocycles. The summed E-state index contributed by atoms with van der Waals surface area (Å²) in [5.41, 5.74) is 5.04. The van der Waals surface area contributed by atoms with Gasteiger partial charge in [0.05, 0.1) is 30.2 Å². The van der Waals surface area contributed by atoms with E-state index in [1.165, 1.54) is 7.11 Å². The van der Waals surface area contributed by atoms with Crippen molar-refractivity contribution < 1.29 is 17.9 Å². The van der Waals surface area contributed by atoms with Crippen LogP contribution in [0.25, 0.3) is 11.8 Å². The van der Waals surface area contributed by atoms with Crippen LogP contribution in [0.1, 0.15) is 46.2 Å². The highest BCUT2D eigenvalue weighted by Gasteiger charge is 2.39. The molecule has 0 amide bonds. The Morgan fingerprint density at radius 2 is 1.69 bits per heavy atom. The zero-order valence-electron chi connectivity index (χ0n) is 21.7. The lowest BCUT2D eigenvalue weighted by Crippen LogP contribution is -2.46. The maximum absolute atomic E-state index is 13.8. The summed E-state index contributed by atoms with van der Waals surface area (Å²) in [6, 6.07) is 27.2. The largest absolute Gasteiger partial charge is 0.469 e. The Bertz CT molecular complexity index is 1590. The molecule has 0 aliphatic carbocycles. The third-order valence-electron chi connectivity index (χ3n) is 6.87. The Hall–Kier alpha value is -4.27. The van der Waals surface area contributed by atoms with Crippen molar-refractivity contribution in [2.75, 3.05) is 7.11 Å². The van der Waals surface area contributed by atoms with Gasteiger partial charge in [-0.3, -0.25) is 14.8 Å². The molecule has 8 heteroatoms. The van der Waals surface area contributed by atoms with Crippen molar-refractivity contribution in [3.63, 3.8) is 0 Å². The average Bonchev–Trinajstić information content (AvgIpc) is 2.96. The van der Waals surface area contributed by atoms with E-state index in [4.69, 9.17) is 4.74 Å². The molecule has 2 atom stereocenters. The van der Waals surface area contributed by atoms with Crippen molar-refractivity contribution in [3.05, 3.63) is 131 Å². The van der Waals surface area contributed by atoms with E-state index in [0.717, 1.165) is 27.8 Å². The number of esters is 1. The minimum absolute atomic E-state index is 0.0199. The molecular weight excluding hydrogens is 510 g/mol. The number of aromatic nitrogens is 1. The zero-order valence-corrected chi connectivity index (χ0v) is 22.5. The molecule has 2 heterocycles. The van der Waals surface area contributed by atoms with Crippen molar-refractivity contribution in [3.8, 4) is 0 Å². The molecule has 4 aromatic rings. The summed E-state index contributed by atoms with van der Waals surface area (Å²) in [7, 11) is -2.65. The van der Waals surface area contributed by atoms with Crippen LogP contribution in [0.2, 0.25) is 0 Å². The Kier molecular flexibility index (Phi) is 7.58. The first-order valence-electron chi connectivity index (χ1n) is 12.6. The van der Waals surface area contributed by atoms with Crippen molar-refractivity contribution in [1.82, 2.24) is 14.8 Å². The average molecular weight is 540 g/mol. The van der Waals surface area contributed by atoms with Crippen molar-refractivity contribution in [2.24, 2.45) is 0 Å². The number of sulfonamides is 1. The van der Waals surface area contributed by atoms with Gasteiger partial charge in [0.2, 0.25) is 0 Å². The van der Waals surface area contributed by atoms with Crippen LogP contribution in [0.5, 0.6) is 0 Å². The van der Waals surface area contributed by atoms with Crippen molar-refractivity contribution in [1.29, 1.82) is 0 Å². The highest BCUT2D eigenvalue weighted by atomic mass is 32.2. The van der Waals surface area contributed by atoms with Gasteiger partial charge in [0, 0.05) is 18.3 Å². The number of carbonyl (C=O) groups is 1.